The number of benzene rings is 1. The van der Waals surface area contributed by atoms with Crippen LogP contribution in [0.3, 0.4) is 0 Å². The molecule has 0 saturated heterocycles. The van der Waals surface area contributed by atoms with Gasteiger partial charge >= 0.3 is 18.4 Å². The maximum absolute atomic E-state index is 12.6. The van der Waals surface area contributed by atoms with E-state index in [1.807, 2.05) is 0 Å². The Morgan fingerprint density at radius 3 is 2.17 bits per heavy atom. The van der Waals surface area contributed by atoms with Crippen LogP contribution in [-0.4, -0.2) is 45.3 Å². The van der Waals surface area contributed by atoms with Crippen LogP contribution >= 0.6 is 0 Å². The van der Waals surface area contributed by atoms with Gasteiger partial charge in [0, 0.05) is 17.8 Å². The van der Waals surface area contributed by atoms with E-state index in [0.717, 1.165) is 22.8 Å². The van der Waals surface area contributed by atoms with E-state index < -0.39 is 37.1 Å². The summed E-state index contributed by atoms with van der Waals surface area (Å²) in [6.45, 7) is -3.23. The molecule has 0 aliphatic heterocycles. The summed E-state index contributed by atoms with van der Waals surface area (Å²) >= 11 is 0. The maximum Gasteiger partial charge on any atom is 0.422 e. The Morgan fingerprint density at radius 1 is 0.967 bits per heavy atom. The maximum atomic E-state index is 12.6. The van der Waals surface area contributed by atoms with E-state index in [1.165, 1.54) is 24.5 Å². The molecule has 0 unspecified atom stereocenters. The van der Waals surface area contributed by atoms with E-state index in [2.05, 4.69) is 19.9 Å². The summed E-state index contributed by atoms with van der Waals surface area (Å²) in [6, 6.07) is 5.04. The molecular weight excluding hydrogens is 422 g/mol. The minimum absolute atomic E-state index is 0.0165. The summed E-state index contributed by atoms with van der Waals surface area (Å²) in [5.74, 6) is -0.148. The fraction of sp³-hybridized carbons (Fsp3) is 0.235. The highest BCUT2D eigenvalue weighted by Gasteiger charge is 2.30. The van der Waals surface area contributed by atoms with E-state index in [1.54, 1.807) is 0 Å². The van der Waals surface area contributed by atoms with E-state index >= 15 is 0 Å². The van der Waals surface area contributed by atoms with Crippen molar-refractivity contribution in [2.24, 2.45) is 0 Å². The van der Waals surface area contributed by atoms with Gasteiger partial charge in [0.15, 0.2) is 13.2 Å². The lowest BCUT2D eigenvalue weighted by Gasteiger charge is -2.15. The summed E-state index contributed by atoms with van der Waals surface area (Å²) in [5, 5.41) is 6.16. The molecule has 0 atom stereocenters. The molecule has 0 aliphatic carbocycles. The molecule has 0 bridgehead atoms. The zero-order valence-electron chi connectivity index (χ0n) is 14.8. The Bertz CT molecular complexity index is 1040. The monoisotopic (exact) mass is 434 g/mol. The SMILES string of the molecule is O=c1cc(-c2cn[nH]c2)nc(OCC(F)(F)F)n1-c1ccc(OCC(F)(F)F)cc1. The average molecular weight is 434 g/mol. The van der Waals surface area contributed by atoms with Gasteiger partial charge in [-0.3, -0.25) is 9.89 Å². The number of aromatic nitrogens is 4. The van der Waals surface area contributed by atoms with Crippen molar-refractivity contribution in [3.63, 3.8) is 0 Å². The second-order valence-electron chi connectivity index (χ2n) is 5.89. The third-order valence-corrected chi connectivity index (χ3v) is 3.54. The van der Waals surface area contributed by atoms with Gasteiger partial charge in [-0.25, -0.2) is 4.57 Å². The number of alkyl halides is 6. The predicted octanol–water partition coefficient (Wildman–Crippen LogP) is 3.50. The third-order valence-electron chi connectivity index (χ3n) is 3.54. The molecule has 0 aliphatic rings. The summed E-state index contributed by atoms with van der Waals surface area (Å²) < 4.78 is 84.6. The lowest BCUT2D eigenvalue weighted by Crippen LogP contribution is -2.26. The number of H-pyrrole nitrogens is 1. The van der Waals surface area contributed by atoms with Crippen LogP contribution in [0.5, 0.6) is 11.8 Å². The number of aromatic amines is 1. The highest BCUT2D eigenvalue weighted by Crippen LogP contribution is 2.24. The van der Waals surface area contributed by atoms with Crippen molar-refractivity contribution in [3.05, 3.63) is 53.1 Å². The van der Waals surface area contributed by atoms with Gasteiger partial charge in [0.2, 0.25) is 0 Å². The van der Waals surface area contributed by atoms with E-state index in [0.29, 0.717) is 5.56 Å². The molecule has 160 valence electrons. The topological polar surface area (TPSA) is 82.0 Å². The van der Waals surface area contributed by atoms with Gasteiger partial charge in [-0.1, -0.05) is 0 Å². The predicted molar refractivity (Wildman–Crippen MR) is 90.5 cm³/mol. The van der Waals surface area contributed by atoms with Gasteiger partial charge < -0.3 is 9.47 Å². The number of rotatable bonds is 6. The van der Waals surface area contributed by atoms with Crippen LogP contribution in [0.2, 0.25) is 0 Å². The van der Waals surface area contributed by atoms with Crippen molar-refractivity contribution in [2.75, 3.05) is 13.2 Å². The normalized spacial score (nSPS) is 12.1. The first kappa shape index (κ1) is 21.2. The zero-order valence-corrected chi connectivity index (χ0v) is 14.8. The molecule has 13 heteroatoms. The van der Waals surface area contributed by atoms with E-state index in [4.69, 9.17) is 4.74 Å². The molecule has 1 N–H and O–H groups in total. The first-order chi connectivity index (χ1) is 14.0. The molecule has 0 amide bonds. The summed E-state index contributed by atoms with van der Waals surface area (Å²) in [6.07, 6.45) is -6.54. The molecule has 30 heavy (non-hydrogen) atoms. The Labute approximate surface area is 163 Å². The number of ether oxygens (including phenoxy) is 2. The molecule has 1 aromatic carbocycles. The standard InChI is InChI=1S/C17H12F6N4O3/c18-16(19,20)8-29-12-3-1-11(2-4-12)27-14(28)5-13(10-6-24-25-7-10)26-15(27)30-9-17(21,22)23/h1-7H,8-9H2,(H,24,25). The quantitative estimate of drug-likeness (QED) is 0.601. The number of halogens is 6. The summed E-state index contributed by atoms with van der Waals surface area (Å²) in [7, 11) is 0. The van der Waals surface area contributed by atoms with Gasteiger partial charge in [0.25, 0.3) is 5.56 Å². The Kier molecular flexibility index (Phi) is 5.71. The van der Waals surface area contributed by atoms with Gasteiger partial charge in [0.1, 0.15) is 5.75 Å². The first-order valence-electron chi connectivity index (χ1n) is 8.15. The Morgan fingerprint density at radius 2 is 1.60 bits per heavy atom. The molecule has 3 aromatic rings. The van der Waals surface area contributed by atoms with Crippen molar-refractivity contribution >= 4 is 0 Å². The lowest BCUT2D eigenvalue weighted by molar-refractivity contribution is -0.155. The fourth-order valence-corrected chi connectivity index (χ4v) is 2.34. The number of hydrogen-bond acceptors (Lipinski definition) is 5. The van der Waals surface area contributed by atoms with Gasteiger partial charge in [-0.2, -0.15) is 36.4 Å². The number of nitrogens with zero attached hydrogens (tertiary/aromatic N) is 3. The highest BCUT2D eigenvalue weighted by molar-refractivity contribution is 5.57. The minimum Gasteiger partial charge on any atom is -0.484 e. The van der Waals surface area contributed by atoms with E-state index in [9.17, 15) is 31.1 Å². The second kappa shape index (κ2) is 8.08. The number of nitrogens with one attached hydrogen (secondary N) is 1. The fourth-order valence-electron chi connectivity index (χ4n) is 2.34. The molecule has 2 aromatic heterocycles. The Balaban J connectivity index is 1.97. The third kappa shape index (κ3) is 5.52. The smallest absolute Gasteiger partial charge is 0.422 e. The van der Waals surface area contributed by atoms with Crippen molar-refractivity contribution < 1.29 is 35.8 Å². The van der Waals surface area contributed by atoms with Crippen molar-refractivity contribution in [1.82, 2.24) is 19.7 Å². The van der Waals surface area contributed by atoms with Gasteiger partial charge in [-0.05, 0) is 24.3 Å². The van der Waals surface area contributed by atoms with Gasteiger partial charge in [0.05, 0.1) is 17.6 Å². The minimum atomic E-state index is -4.69. The van der Waals surface area contributed by atoms with Crippen LogP contribution < -0.4 is 15.0 Å². The zero-order chi connectivity index (χ0) is 21.9. The van der Waals surface area contributed by atoms with Crippen LogP contribution in [0.4, 0.5) is 26.3 Å². The van der Waals surface area contributed by atoms with Crippen molar-refractivity contribution in [1.29, 1.82) is 0 Å². The van der Waals surface area contributed by atoms with Crippen molar-refractivity contribution in [2.45, 2.75) is 12.4 Å². The van der Waals surface area contributed by atoms with Crippen LogP contribution in [0.15, 0.2) is 47.5 Å². The molecule has 0 fully saturated rings. The molecule has 0 saturated carbocycles. The lowest BCUT2D eigenvalue weighted by atomic mass is 10.2. The van der Waals surface area contributed by atoms with Gasteiger partial charge in [-0.15, -0.1) is 0 Å². The van der Waals surface area contributed by atoms with Crippen molar-refractivity contribution in [3.8, 4) is 28.7 Å². The van der Waals surface area contributed by atoms with Crippen LogP contribution in [0, 0.1) is 0 Å². The number of hydrogen-bond donors (Lipinski definition) is 1. The summed E-state index contributed by atoms with van der Waals surface area (Å²) in [5.41, 5.74) is -0.399. The molecule has 7 nitrogen and oxygen atoms in total. The molecular formula is C17H12F6N4O3. The first-order valence-corrected chi connectivity index (χ1v) is 8.15. The van der Waals surface area contributed by atoms with Crippen LogP contribution in [0.1, 0.15) is 0 Å². The second-order valence-corrected chi connectivity index (χ2v) is 5.89. The molecule has 0 radical (unpaired) electrons. The largest absolute Gasteiger partial charge is 0.484 e. The van der Waals surface area contributed by atoms with Crippen LogP contribution in [0.25, 0.3) is 16.9 Å². The molecule has 3 rings (SSSR count). The van der Waals surface area contributed by atoms with E-state index in [-0.39, 0.29) is 17.1 Å². The Hall–Kier alpha value is -3.51. The molecule has 0 spiro atoms. The van der Waals surface area contributed by atoms with Crippen LogP contribution in [-0.2, 0) is 0 Å². The summed E-state index contributed by atoms with van der Waals surface area (Å²) in [4.78, 5) is 16.5. The highest BCUT2D eigenvalue weighted by atomic mass is 19.4. The molecule has 2 heterocycles. The average Bonchev–Trinajstić information content (AvgIpc) is 3.18.